The predicted molar refractivity (Wildman–Crippen MR) is 23.0 cm³/mol. The van der Waals surface area contributed by atoms with Crippen molar-refractivity contribution in [2.24, 2.45) is 0 Å². The van der Waals surface area contributed by atoms with Gasteiger partial charge >= 0.3 is 11.9 Å². The number of aliphatic carboxylic acids is 2. The monoisotopic (exact) mass is 118 g/mol. The van der Waals surface area contributed by atoms with E-state index in [0.29, 0.717) is 0 Å². The van der Waals surface area contributed by atoms with E-state index in [9.17, 15) is 9.59 Å². The molecule has 42 valence electrons. The zero-order valence-corrected chi connectivity index (χ0v) is 3.71. The molecule has 8 heavy (non-hydrogen) atoms. The Morgan fingerprint density at radius 1 is 1.00 bits per heavy atom. The van der Waals surface area contributed by atoms with Crippen molar-refractivity contribution in [3.8, 4) is 11.8 Å². The van der Waals surface area contributed by atoms with Crippen LogP contribution in [0.15, 0.2) is 0 Å². The molecule has 0 fully saturated rings. The Kier molecular flexibility index (Phi) is 2.14. The second-order valence-corrected chi connectivity index (χ2v) is 0.860. The van der Waals surface area contributed by atoms with Crippen LogP contribution in [0.4, 0.5) is 0 Å². The molecule has 0 bridgehead atoms. The molecule has 4 heteroatoms. The van der Waals surface area contributed by atoms with Gasteiger partial charge in [-0.05, 0) is 0 Å². The van der Waals surface area contributed by atoms with Crippen molar-refractivity contribution in [3.05, 3.63) is 0 Å². The minimum absolute atomic E-state index is 1.41. The number of rotatable bonds is 0. The summed E-state index contributed by atoms with van der Waals surface area (Å²) >= 11 is 0. The number of carbonyl (C=O) groups is 2. The van der Waals surface area contributed by atoms with Crippen LogP contribution >= 0.6 is 0 Å². The average molecular weight is 118 g/mol. The fourth-order valence-electron chi connectivity index (χ4n) is 0.107. The van der Waals surface area contributed by atoms with Gasteiger partial charge in [-0.2, -0.15) is 0 Å². The smallest absolute Gasteiger partial charge is 0.382 e. The zero-order chi connectivity index (χ0) is 6.57. The minimum Gasteiger partial charge on any atom is -0.472 e. The van der Waals surface area contributed by atoms with Gasteiger partial charge in [0.15, 0.2) is 0 Å². The fraction of sp³-hybridized carbons (Fsp3) is 0. The third-order valence-electron chi connectivity index (χ3n) is 0.276. The number of carboxylic acids is 2. The summed E-state index contributed by atoms with van der Waals surface area (Å²) in [4.78, 5) is 18.9. The lowest BCUT2D eigenvalue weighted by atomic mass is 11.2. The van der Waals surface area contributed by atoms with Gasteiger partial charge in [-0.3, -0.25) is 0 Å². The van der Waals surface area contributed by atoms with E-state index in [-0.39, 0.29) is 0 Å². The lowest BCUT2D eigenvalue weighted by Crippen LogP contribution is -1.92. The van der Waals surface area contributed by atoms with Crippen LogP contribution in [0.3, 0.4) is 0 Å². The lowest BCUT2D eigenvalue weighted by Gasteiger charge is -1.68. The number of hydrogen-bond donors (Lipinski definition) is 2. The van der Waals surface area contributed by atoms with Gasteiger partial charge in [0, 0.05) is 11.8 Å². The van der Waals surface area contributed by atoms with Gasteiger partial charge in [-0.15, -0.1) is 0 Å². The van der Waals surface area contributed by atoms with E-state index in [2.05, 4.69) is 0 Å². The van der Waals surface area contributed by atoms with E-state index in [1.165, 1.54) is 11.8 Å². The molecule has 0 aliphatic carbocycles. The predicted octanol–water partition coefficient (Wildman–Crippen LogP) is -0.841. The van der Waals surface area contributed by atoms with Crippen molar-refractivity contribution < 1.29 is 19.8 Å². The maximum atomic E-state index is 9.47. The van der Waals surface area contributed by atoms with Gasteiger partial charge in [0.1, 0.15) is 0 Å². The highest BCUT2D eigenvalue weighted by Crippen LogP contribution is 1.57. The third-order valence-corrected chi connectivity index (χ3v) is 0.276. The Morgan fingerprint density at radius 3 is 1.38 bits per heavy atom. The molecule has 0 spiro atoms. The van der Waals surface area contributed by atoms with Crippen LogP contribution in [0.5, 0.6) is 0 Å². The Labute approximate surface area is 44.7 Å². The molecule has 0 aliphatic rings. The first-order valence-corrected chi connectivity index (χ1v) is 1.61. The lowest BCUT2D eigenvalue weighted by molar-refractivity contribution is -0.132. The molecule has 0 heterocycles. The van der Waals surface area contributed by atoms with E-state index in [0.717, 1.165) is 0 Å². The highest BCUT2D eigenvalue weighted by Gasteiger charge is 1.86. The van der Waals surface area contributed by atoms with E-state index >= 15 is 0 Å². The zero-order valence-electron chi connectivity index (χ0n) is 3.71. The van der Waals surface area contributed by atoms with Gasteiger partial charge in [0.2, 0.25) is 0 Å². The summed E-state index contributed by atoms with van der Waals surface area (Å²) in [6.45, 7) is 0. The summed E-state index contributed by atoms with van der Waals surface area (Å²) in [6.07, 6.45) is 0. The minimum atomic E-state index is -1.44. The second-order valence-electron chi connectivity index (χ2n) is 0.860. The normalized spacial score (nSPS) is 6.50. The molecule has 0 radical (unpaired) electrons. The van der Waals surface area contributed by atoms with Crippen LogP contribution in [-0.2, 0) is 9.59 Å². The van der Waals surface area contributed by atoms with Gasteiger partial charge < -0.3 is 10.2 Å². The average Bonchev–Trinajstić information content (AvgIpc) is 1.61. The number of carboxylic acid groups (broad SMARTS) is 2. The molecule has 0 aromatic rings. The van der Waals surface area contributed by atoms with E-state index in [1.54, 1.807) is 0 Å². The molecule has 0 saturated heterocycles. The highest BCUT2D eigenvalue weighted by molar-refractivity contribution is 5.96. The van der Waals surface area contributed by atoms with Crippen LogP contribution in [0.25, 0.3) is 0 Å². The first-order chi connectivity index (χ1) is 3.63. The van der Waals surface area contributed by atoms with Gasteiger partial charge in [-0.1, -0.05) is 0 Å². The van der Waals surface area contributed by atoms with Crippen molar-refractivity contribution in [1.29, 1.82) is 0 Å². The summed E-state index contributed by atoms with van der Waals surface area (Å²) in [5.41, 5.74) is 0. The van der Waals surface area contributed by atoms with Crippen LogP contribution in [0.1, 0.15) is 0 Å². The first kappa shape index (κ1) is 6.50. The van der Waals surface area contributed by atoms with E-state index < -0.39 is 11.9 Å². The summed E-state index contributed by atoms with van der Waals surface area (Å²) in [5, 5.41) is 15.5. The summed E-state index contributed by atoms with van der Waals surface area (Å²) < 4.78 is 0. The second kappa shape index (κ2) is 2.64. The summed E-state index contributed by atoms with van der Waals surface area (Å²) in [5.74, 6) is -0.0511. The molecule has 0 amide bonds. The topological polar surface area (TPSA) is 74.6 Å². The summed E-state index contributed by atoms with van der Waals surface area (Å²) in [6, 6.07) is 0. The van der Waals surface area contributed by atoms with Crippen molar-refractivity contribution in [2.45, 2.75) is 0 Å². The van der Waals surface area contributed by atoms with Crippen LogP contribution in [0.2, 0.25) is 0 Å². The standard InChI is InChI=1S/C4H2O4/c5-3(6)1-2-4(7)8/h(H,5,6)(H,7,8)/i1+2,2+2. The molecule has 2 N–H and O–H groups in total. The van der Waals surface area contributed by atoms with E-state index in [4.69, 9.17) is 10.2 Å². The Hall–Kier alpha value is -1.50. The molecule has 0 atom stereocenters. The first-order valence-electron chi connectivity index (χ1n) is 1.61. The molecule has 0 saturated carbocycles. The molecule has 0 aliphatic heterocycles. The van der Waals surface area contributed by atoms with Gasteiger partial charge in [0.05, 0.1) is 0 Å². The molecule has 0 aromatic heterocycles. The largest absolute Gasteiger partial charge is 0.472 e. The van der Waals surface area contributed by atoms with Gasteiger partial charge in [0.25, 0.3) is 0 Å². The SMILES string of the molecule is O=C(O)[14C]#[14C]C(=O)O. The van der Waals surface area contributed by atoms with Crippen LogP contribution in [0, 0.1) is 11.8 Å². The maximum absolute atomic E-state index is 9.47. The third kappa shape index (κ3) is 4.50. The van der Waals surface area contributed by atoms with Crippen LogP contribution < -0.4 is 0 Å². The van der Waals surface area contributed by atoms with Crippen LogP contribution in [-0.4, -0.2) is 22.2 Å². The highest BCUT2D eigenvalue weighted by atomic mass is 16.4. The van der Waals surface area contributed by atoms with Crippen molar-refractivity contribution >= 4 is 11.9 Å². The Balaban J connectivity index is 3.87. The van der Waals surface area contributed by atoms with Crippen molar-refractivity contribution in [2.75, 3.05) is 0 Å². The Morgan fingerprint density at radius 2 is 1.25 bits per heavy atom. The maximum Gasteiger partial charge on any atom is 0.382 e. The van der Waals surface area contributed by atoms with Gasteiger partial charge in [-0.25, -0.2) is 9.59 Å². The molecular weight excluding hydrogens is 116 g/mol. The van der Waals surface area contributed by atoms with E-state index in [1.807, 2.05) is 0 Å². The fourth-order valence-corrected chi connectivity index (χ4v) is 0.107. The summed E-state index contributed by atoms with van der Waals surface area (Å²) in [7, 11) is 0. The molecular formula is C4H2O4. The molecule has 0 aromatic carbocycles. The molecule has 0 unspecified atom stereocenters. The number of hydrogen-bond acceptors (Lipinski definition) is 2. The Bertz CT molecular complexity index is 152. The molecule has 4 nitrogen and oxygen atoms in total. The molecule has 0 rings (SSSR count). The van der Waals surface area contributed by atoms with Crippen molar-refractivity contribution in [3.63, 3.8) is 0 Å². The van der Waals surface area contributed by atoms with Crippen molar-refractivity contribution in [1.82, 2.24) is 0 Å². The quantitative estimate of drug-likeness (QED) is 0.406.